The summed E-state index contributed by atoms with van der Waals surface area (Å²) in [5, 5.41) is 4.94. The lowest BCUT2D eigenvalue weighted by atomic mass is 10.3. The van der Waals surface area contributed by atoms with Gasteiger partial charge in [0, 0.05) is 33.3 Å². The number of nitrogens with one attached hydrogen (secondary N) is 1. The molecule has 0 spiro atoms. The van der Waals surface area contributed by atoms with Crippen molar-refractivity contribution in [1.29, 1.82) is 0 Å². The molecule has 7 nitrogen and oxygen atoms in total. The fraction of sp³-hybridized carbons (Fsp3) is 0.438. The van der Waals surface area contributed by atoms with Crippen LogP contribution >= 0.6 is 11.3 Å². The lowest BCUT2D eigenvalue weighted by molar-refractivity contribution is 0.164. The molecule has 1 aliphatic rings. The summed E-state index contributed by atoms with van der Waals surface area (Å²) >= 11 is 1.65. The van der Waals surface area contributed by atoms with Crippen molar-refractivity contribution >= 4 is 33.4 Å². The van der Waals surface area contributed by atoms with Gasteiger partial charge in [-0.3, -0.25) is 0 Å². The highest BCUT2D eigenvalue weighted by atomic mass is 32.1. The highest BCUT2D eigenvalue weighted by Crippen LogP contribution is 2.28. The van der Waals surface area contributed by atoms with Gasteiger partial charge in [0.2, 0.25) is 0 Å². The number of thiophene rings is 1. The van der Waals surface area contributed by atoms with Gasteiger partial charge < -0.3 is 19.9 Å². The Bertz CT molecular complexity index is 711. The van der Waals surface area contributed by atoms with Gasteiger partial charge in [0.1, 0.15) is 12.1 Å². The summed E-state index contributed by atoms with van der Waals surface area (Å²) in [5.74, 6) is 0.957. The molecule has 0 saturated carbocycles. The summed E-state index contributed by atoms with van der Waals surface area (Å²) < 4.78 is 6.16. The average Bonchev–Trinajstić information content (AvgIpc) is 3.10. The Morgan fingerprint density at radius 1 is 1.46 bits per heavy atom. The SMILES string of the molecule is C=CC(COC)NC(=O)N1CCN(c2ncnc3ccsc23)CC1. The number of methoxy groups -OCH3 is 1. The molecule has 2 amide bonds. The predicted octanol–water partition coefficient (Wildman–Crippen LogP) is 1.72. The third-order valence-corrected chi connectivity index (χ3v) is 4.93. The van der Waals surface area contributed by atoms with Gasteiger partial charge in [-0.05, 0) is 11.4 Å². The van der Waals surface area contributed by atoms with Gasteiger partial charge in [-0.15, -0.1) is 17.9 Å². The molecule has 1 aliphatic heterocycles. The summed E-state index contributed by atoms with van der Waals surface area (Å²) in [6.45, 7) is 6.95. The average molecular weight is 347 g/mol. The molecule has 0 radical (unpaired) electrons. The van der Waals surface area contributed by atoms with Crippen LogP contribution < -0.4 is 10.2 Å². The van der Waals surface area contributed by atoms with Crippen LogP contribution in [0, 0.1) is 0 Å². The number of fused-ring (bicyclic) bond motifs is 1. The van der Waals surface area contributed by atoms with Crippen LogP contribution in [0.4, 0.5) is 10.6 Å². The Balaban J connectivity index is 1.60. The number of hydrogen-bond donors (Lipinski definition) is 1. The molecule has 1 N–H and O–H groups in total. The van der Waals surface area contributed by atoms with Crippen LogP contribution in [0.1, 0.15) is 0 Å². The molecule has 1 atom stereocenters. The van der Waals surface area contributed by atoms with Crippen molar-refractivity contribution in [3.05, 3.63) is 30.4 Å². The zero-order valence-electron chi connectivity index (χ0n) is 13.6. The van der Waals surface area contributed by atoms with E-state index in [4.69, 9.17) is 4.74 Å². The molecule has 1 saturated heterocycles. The number of anilines is 1. The third-order valence-electron chi connectivity index (χ3n) is 4.03. The Morgan fingerprint density at radius 2 is 2.25 bits per heavy atom. The Kier molecular flexibility index (Phi) is 5.27. The molecular formula is C16H21N5O2S. The first kappa shape index (κ1) is 16.7. The smallest absolute Gasteiger partial charge is 0.318 e. The number of amides is 2. The molecule has 0 aromatic carbocycles. The lowest BCUT2D eigenvalue weighted by Gasteiger charge is -2.36. The standard InChI is InChI=1S/C16H21N5O2S/c1-3-12(10-23-2)19-16(22)21-7-5-20(6-8-21)15-14-13(4-9-24-14)17-11-18-15/h3-4,9,11-12H,1,5-8,10H2,2H3,(H,19,22). The maximum atomic E-state index is 12.3. The quantitative estimate of drug-likeness (QED) is 0.834. The number of carbonyl (C=O) groups excluding carboxylic acids is 1. The molecule has 1 unspecified atom stereocenters. The zero-order valence-corrected chi connectivity index (χ0v) is 14.5. The number of hydrogen-bond acceptors (Lipinski definition) is 6. The van der Waals surface area contributed by atoms with Crippen molar-refractivity contribution in [2.45, 2.75) is 6.04 Å². The lowest BCUT2D eigenvalue weighted by Crippen LogP contribution is -2.54. The normalized spacial score (nSPS) is 16.2. The minimum Gasteiger partial charge on any atom is -0.382 e. The van der Waals surface area contributed by atoms with Crippen LogP contribution in [-0.4, -0.2) is 66.8 Å². The highest BCUT2D eigenvalue weighted by Gasteiger charge is 2.24. The maximum absolute atomic E-state index is 12.3. The first-order valence-electron chi connectivity index (χ1n) is 7.83. The van der Waals surface area contributed by atoms with E-state index in [2.05, 4.69) is 26.8 Å². The summed E-state index contributed by atoms with van der Waals surface area (Å²) in [7, 11) is 1.61. The van der Waals surface area contributed by atoms with Crippen molar-refractivity contribution in [3.8, 4) is 0 Å². The van der Waals surface area contributed by atoms with Crippen LogP contribution in [0.5, 0.6) is 0 Å². The number of rotatable bonds is 5. The van der Waals surface area contributed by atoms with Crippen LogP contribution in [0.3, 0.4) is 0 Å². The third kappa shape index (κ3) is 3.49. The zero-order chi connectivity index (χ0) is 16.9. The van der Waals surface area contributed by atoms with Crippen molar-refractivity contribution in [3.63, 3.8) is 0 Å². The van der Waals surface area contributed by atoms with E-state index in [0.717, 1.165) is 29.1 Å². The van der Waals surface area contributed by atoms with Gasteiger partial charge in [0.25, 0.3) is 0 Å². The Hall–Kier alpha value is -2.19. The topological polar surface area (TPSA) is 70.6 Å². The number of ether oxygens (including phenoxy) is 1. The molecular weight excluding hydrogens is 326 g/mol. The number of piperazine rings is 1. The van der Waals surface area contributed by atoms with Crippen LogP contribution in [0.2, 0.25) is 0 Å². The Morgan fingerprint density at radius 3 is 2.96 bits per heavy atom. The van der Waals surface area contributed by atoms with E-state index in [9.17, 15) is 4.79 Å². The Labute approximate surface area is 144 Å². The van der Waals surface area contributed by atoms with Crippen LogP contribution in [0.25, 0.3) is 10.2 Å². The maximum Gasteiger partial charge on any atom is 0.318 e. The van der Waals surface area contributed by atoms with E-state index in [0.29, 0.717) is 19.7 Å². The summed E-state index contributed by atoms with van der Waals surface area (Å²) in [5.41, 5.74) is 0.971. The van der Waals surface area contributed by atoms with Gasteiger partial charge in [-0.2, -0.15) is 0 Å². The molecule has 0 aliphatic carbocycles. The van der Waals surface area contributed by atoms with Gasteiger partial charge in [-0.1, -0.05) is 6.08 Å². The molecule has 8 heteroatoms. The largest absolute Gasteiger partial charge is 0.382 e. The van der Waals surface area contributed by atoms with Crippen molar-refractivity contribution in [1.82, 2.24) is 20.2 Å². The number of carbonyl (C=O) groups is 1. The van der Waals surface area contributed by atoms with Crippen molar-refractivity contribution in [2.75, 3.05) is 44.8 Å². The van der Waals surface area contributed by atoms with Gasteiger partial charge in [-0.25, -0.2) is 14.8 Å². The number of aromatic nitrogens is 2. The molecule has 128 valence electrons. The summed E-state index contributed by atoms with van der Waals surface area (Å²) in [6, 6.07) is 1.74. The first-order valence-corrected chi connectivity index (χ1v) is 8.71. The van der Waals surface area contributed by atoms with Crippen LogP contribution in [0.15, 0.2) is 30.4 Å². The second-order valence-corrected chi connectivity index (χ2v) is 6.47. The fourth-order valence-electron chi connectivity index (χ4n) is 2.72. The predicted molar refractivity (Wildman–Crippen MR) is 95.6 cm³/mol. The second kappa shape index (κ2) is 7.59. The molecule has 1 fully saturated rings. The summed E-state index contributed by atoms with van der Waals surface area (Å²) in [6.07, 6.45) is 3.29. The van der Waals surface area contributed by atoms with Gasteiger partial charge in [0.15, 0.2) is 0 Å². The summed E-state index contributed by atoms with van der Waals surface area (Å²) in [4.78, 5) is 25.1. The second-order valence-electron chi connectivity index (χ2n) is 5.55. The molecule has 3 rings (SSSR count). The molecule has 24 heavy (non-hydrogen) atoms. The number of nitrogens with zero attached hydrogens (tertiary/aromatic N) is 4. The van der Waals surface area contributed by atoms with Crippen molar-refractivity contribution in [2.24, 2.45) is 0 Å². The molecule has 0 bridgehead atoms. The first-order chi connectivity index (χ1) is 11.7. The number of urea groups is 1. The molecule has 2 aromatic heterocycles. The highest BCUT2D eigenvalue weighted by molar-refractivity contribution is 7.17. The van der Waals surface area contributed by atoms with E-state index < -0.39 is 0 Å². The monoisotopic (exact) mass is 347 g/mol. The molecule has 3 heterocycles. The van der Waals surface area contributed by atoms with Crippen LogP contribution in [-0.2, 0) is 4.74 Å². The van der Waals surface area contributed by atoms with E-state index in [1.807, 2.05) is 16.3 Å². The minimum atomic E-state index is -0.173. The van der Waals surface area contributed by atoms with Gasteiger partial charge in [0.05, 0.1) is 22.9 Å². The van der Waals surface area contributed by atoms with E-state index in [1.165, 1.54) is 0 Å². The van der Waals surface area contributed by atoms with Crippen molar-refractivity contribution < 1.29 is 9.53 Å². The van der Waals surface area contributed by atoms with E-state index >= 15 is 0 Å². The van der Waals surface area contributed by atoms with E-state index in [-0.39, 0.29) is 12.1 Å². The van der Waals surface area contributed by atoms with E-state index in [1.54, 1.807) is 30.8 Å². The van der Waals surface area contributed by atoms with Gasteiger partial charge >= 0.3 is 6.03 Å². The fourth-order valence-corrected chi connectivity index (χ4v) is 3.58. The minimum absolute atomic E-state index is 0.0828. The molecule has 2 aromatic rings.